The third-order valence-electron chi connectivity index (χ3n) is 2.85. The minimum absolute atomic E-state index is 0.0948. The Bertz CT molecular complexity index is 666. The maximum absolute atomic E-state index is 11.4. The van der Waals surface area contributed by atoms with Crippen molar-refractivity contribution in [2.45, 2.75) is 13.8 Å². The van der Waals surface area contributed by atoms with Gasteiger partial charge in [0.1, 0.15) is 11.6 Å². The molecule has 0 aliphatic rings. The van der Waals surface area contributed by atoms with Crippen molar-refractivity contribution in [3.63, 3.8) is 0 Å². The molecule has 4 nitrogen and oxygen atoms in total. The highest BCUT2D eigenvalue weighted by Crippen LogP contribution is 2.28. The van der Waals surface area contributed by atoms with Crippen molar-refractivity contribution in [3.05, 3.63) is 53.6 Å². The normalized spacial score (nSPS) is 10.8. The summed E-state index contributed by atoms with van der Waals surface area (Å²) >= 11 is 5.52. The highest BCUT2D eigenvalue weighted by Gasteiger charge is 2.06. The lowest BCUT2D eigenvalue weighted by atomic mass is 10.2. The first-order chi connectivity index (χ1) is 10.1. The van der Waals surface area contributed by atoms with Gasteiger partial charge in [-0.25, -0.2) is 0 Å². The number of aryl methyl sites for hydroxylation is 2. The Hall–Kier alpha value is -2.20. The van der Waals surface area contributed by atoms with E-state index in [0.29, 0.717) is 11.4 Å². The van der Waals surface area contributed by atoms with Crippen molar-refractivity contribution in [2.24, 2.45) is 10.2 Å². The molecule has 0 aromatic heterocycles. The number of carbonyl (C=O) groups excluding carboxylic acids is 1. The summed E-state index contributed by atoms with van der Waals surface area (Å²) in [5.41, 5.74) is 4.15. The molecule has 1 amide bonds. The number of hydrogen-bond acceptors (Lipinski definition) is 3. The van der Waals surface area contributed by atoms with E-state index >= 15 is 0 Å². The fraction of sp³-hybridized carbons (Fsp3) is 0.188. The van der Waals surface area contributed by atoms with Crippen molar-refractivity contribution >= 4 is 34.6 Å². The average molecular weight is 302 g/mol. The number of halogens is 1. The number of amides is 1. The summed E-state index contributed by atoms with van der Waals surface area (Å²) < 4.78 is 0. The lowest BCUT2D eigenvalue weighted by Crippen LogP contribution is -2.12. The van der Waals surface area contributed by atoms with Crippen LogP contribution in [0.25, 0.3) is 0 Å². The van der Waals surface area contributed by atoms with Crippen LogP contribution in [0.2, 0.25) is 0 Å². The molecule has 1 N–H and O–H groups in total. The van der Waals surface area contributed by atoms with Gasteiger partial charge in [0.25, 0.3) is 0 Å². The first-order valence-corrected chi connectivity index (χ1v) is 7.07. The van der Waals surface area contributed by atoms with Gasteiger partial charge in [0.15, 0.2) is 0 Å². The van der Waals surface area contributed by atoms with Crippen LogP contribution in [-0.2, 0) is 4.79 Å². The summed E-state index contributed by atoms with van der Waals surface area (Å²) in [4.78, 5) is 11.4. The summed E-state index contributed by atoms with van der Waals surface area (Å²) in [6.07, 6.45) is 0. The lowest BCUT2D eigenvalue weighted by Gasteiger charge is -2.07. The SMILES string of the molecule is Cc1ccc(N=Nc2ccc(C)cc2NC(=O)CCl)cc1. The fourth-order valence-corrected chi connectivity index (χ4v) is 1.81. The molecule has 21 heavy (non-hydrogen) atoms. The molecule has 0 bridgehead atoms. The second kappa shape index (κ2) is 6.99. The number of anilines is 1. The van der Waals surface area contributed by atoms with Gasteiger partial charge in [-0.05, 0) is 43.7 Å². The van der Waals surface area contributed by atoms with E-state index in [2.05, 4.69) is 15.5 Å². The van der Waals surface area contributed by atoms with E-state index in [1.165, 1.54) is 5.56 Å². The van der Waals surface area contributed by atoms with Crippen molar-refractivity contribution in [1.29, 1.82) is 0 Å². The van der Waals surface area contributed by atoms with Gasteiger partial charge in [-0.2, -0.15) is 5.11 Å². The molecule has 0 saturated carbocycles. The lowest BCUT2D eigenvalue weighted by molar-refractivity contribution is -0.113. The maximum atomic E-state index is 11.4. The molecule has 0 heterocycles. The first-order valence-electron chi connectivity index (χ1n) is 6.53. The Labute approximate surface area is 128 Å². The molecule has 0 fully saturated rings. The topological polar surface area (TPSA) is 53.8 Å². The van der Waals surface area contributed by atoms with Gasteiger partial charge in [0.05, 0.1) is 11.4 Å². The zero-order valence-electron chi connectivity index (χ0n) is 11.9. The number of rotatable bonds is 4. The van der Waals surface area contributed by atoms with Crippen LogP contribution in [0.1, 0.15) is 11.1 Å². The monoisotopic (exact) mass is 301 g/mol. The van der Waals surface area contributed by atoms with Crippen molar-refractivity contribution in [1.82, 2.24) is 0 Å². The van der Waals surface area contributed by atoms with Crippen LogP contribution in [0.5, 0.6) is 0 Å². The van der Waals surface area contributed by atoms with E-state index in [1.54, 1.807) is 0 Å². The number of nitrogens with one attached hydrogen (secondary N) is 1. The largest absolute Gasteiger partial charge is 0.323 e. The van der Waals surface area contributed by atoms with Crippen molar-refractivity contribution in [3.8, 4) is 0 Å². The van der Waals surface area contributed by atoms with Gasteiger partial charge in [-0.1, -0.05) is 23.8 Å². The summed E-state index contributed by atoms with van der Waals surface area (Å²) in [7, 11) is 0. The van der Waals surface area contributed by atoms with E-state index in [-0.39, 0.29) is 11.8 Å². The van der Waals surface area contributed by atoms with E-state index in [0.717, 1.165) is 11.3 Å². The Kier molecular flexibility index (Phi) is 5.06. The molecule has 0 spiro atoms. The van der Waals surface area contributed by atoms with Crippen molar-refractivity contribution < 1.29 is 4.79 Å². The number of azo groups is 1. The van der Waals surface area contributed by atoms with Gasteiger partial charge in [-0.15, -0.1) is 16.7 Å². The highest BCUT2D eigenvalue weighted by atomic mass is 35.5. The molecule has 0 unspecified atom stereocenters. The average Bonchev–Trinajstić information content (AvgIpc) is 2.48. The van der Waals surface area contributed by atoms with E-state index in [1.807, 2.05) is 56.3 Å². The first kappa shape index (κ1) is 15.2. The molecule has 0 saturated heterocycles. The number of nitrogens with zero attached hydrogens (tertiary/aromatic N) is 2. The molecular formula is C16H16ClN3O. The predicted octanol–water partition coefficient (Wildman–Crippen LogP) is 4.90. The quantitative estimate of drug-likeness (QED) is 0.634. The fourth-order valence-electron chi connectivity index (χ4n) is 1.74. The minimum Gasteiger partial charge on any atom is -0.323 e. The molecule has 0 aliphatic carbocycles. The van der Waals surface area contributed by atoms with Crippen LogP contribution in [0.15, 0.2) is 52.7 Å². The van der Waals surface area contributed by atoms with E-state index in [4.69, 9.17) is 11.6 Å². The number of hydrogen-bond donors (Lipinski definition) is 1. The minimum atomic E-state index is -0.269. The molecule has 2 aromatic rings. The molecule has 108 valence electrons. The second-order valence-electron chi connectivity index (χ2n) is 4.74. The summed E-state index contributed by atoms with van der Waals surface area (Å²) in [5, 5.41) is 11.1. The predicted molar refractivity (Wildman–Crippen MR) is 85.9 cm³/mol. The van der Waals surface area contributed by atoms with Crippen LogP contribution in [0, 0.1) is 13.8 Å². The Morgan fingerprint density at radius 1 is 1.05 bits per heavy atom. The Morgan fingerprint density at radius 2 is 1.71 bits per heavy atom. The zero-order chi connectivity index (χ0) is 15.2. The van der Waals surface area contributed by atoms with E-state index < -0.39 is 0 Å². The van der Waals surface area contributed by atoms with Gasteiger partial charge >= 0.3 is 0 Å². The zero-order valence-corrected chi connectivity index (χ0v) is 12.7. The molecular weight excluding hydrogens is 286 g/mol. The summed E-state index contributed by atoms with van der Waals surface area (Å²) in [6.45, 7) is 3.96. The van der Waals surface area contributed by atoms with Crippen LogP contribution in [0.3, 0.4) is 0 Å². The summed E-state index contributed by atoms with van der Waals surface area (Å²) in [6, 6.07) is 13.3. The van der Waals surface area contributed by atoms with Crippen LogP contribution in [-0.4, -0.2) is 11.8 Å². The number of alkyl halides is 1. The second-order valence-corrected chi connectivity index (χ2v) is 5.01. The highest BCUT2D eigenvalue weighted by molar-refractivity contribution is 6.29. The maximum Gasteiger partial charge on any atom is 0.239 e. The van der Waals surface area contributed by atoms with Gasteiger partial charge in [0, 0.05) is 0 Å². The van der Waals surface area contributed by atoms with E-state index in [9.17, 15) is 4.79 Å². The summed E-state index contributed by atoms with van der Waals surface area (Å²) in [5.74, 6) is -0.364. The molecule has 2 rings (SSSR count). The van der Waals surface area contributed by atoms with Gasteiger partial charge in [-0.3, -0.25) is 4.79 Å². The molecule has 5 heteroatoms. The smallest absolute Gasteiger partial charge is 0.239 e. The third kappa shape index (κ3) is 4.39. The molecule has 0 atom stereocenters. The number of carbonyl (C=O) groups is 1. The van der Waals surface area contributed by atoms with Crippen LogP contribution < -0.4 is 5.32 Å². The Morgan fingerprint density at radius 3 is 2.38 bits per heavy atom. The number of benzene rings is 2. The van der Waals surface area contributed by atoms with Crippen LogP contribution >= 0.6 is 11.6 Å². The van der Waals surface area contributed by atoms with Gasteiger partial charge < -0.3 is 5.32 Å². The molecule has 0 radical (unpaired) electrons. The third-order valence-corrected chi connectivity index (χ3v) is 3.10. The molecule has 2 aromatic carbocycles. The Balaban J connectivity index is 2.26. The van der Waals surface area contributed by atoms with Gasteiger partial charge in [0.2, 0.25) is 5.91 Å². The van der Waals surface area contributed by atoms with Crippen molar-refractivity contribution in [2.75, 3.05) is 11.2 Å². The standard InChI is InChI=1S/C16H16ClN3O/c1-11-3-6-13(7-4-11)19-20-14-8-5-12(2)9-15(14)18-16(21)10-17/h3-9H,10H2,1-2H3,(H,18,21). The molecule has 0 aliphatic heterocycles. The van der Waals surface area contributed by atoms with Crippen LogP contribution in [0.4, 0.5) is 17.1 Å².